The lowest BCUT2D eigenvalue weighted by atomic mass is 10.0. The Balaban J connectivity index is 1.93. The second-order valence-corrected chi connectivity index (χ2v) is 7.40. The fraction of sp³-hybridized carbons (Fsp3) is 0.235. The summed E-state index contributed by atoms with van der Waals surface area (Å²) in [5.41, 5.74) is 6.94. The summed E-state index contributed by atoms with van der Waals surface area (Å²) in [7, 11) is -3.79. The van der Waals surface area contributed by atoms with Gasteiger partial charge >= 0.3 is 0 Å². The average Bonchev–Trinajstić information content (AvgIpc) is 2.55. The van der Waals surface area contributed by atoms with Crippen LogP contribution in [-0.4, -0.2) is 20.9 Å². The molecule has 2 aromatic carbocycles. The summed E-state index contributed by atoms with van der Waals surface area (Å²) < 4.78 is 33.6. The van der Waals surface area contributed by atoms with Gasteiger partial charge in [0.15, 0.2) is 0 Å². The zero-order valence-corrected chi connectivity index (χ0v) is 14.0. The Labute approximate surface area is 140 Å². The number of nitrogens with two attached hydrogens (primary N) is 1. The van der Waals surface area contributed by atoms with Gasteiger partial charge in [-0.25, -0.2) is 13.1 Å². The van der Waals surface area contributed by atoms with E-state index in [4.69, 9.17) is 10.5 Å². The molecule has 24 heavy (non-hydrogen) atoms. The third-order valence-electron chi connectivity index (χ3n) is 4.04. The van der Waals surface area contributed by atoms with Crippen molar-refractivity contribution in [2.75, 3.05) is 6.61 Å². The van der Waals surface area contributed by atoms with Crippen molar-refractivity contribution < 1.29 is 17.9 Å². The normalized spacial score (nSPS) is 17.0. The van der Waals surface area contributed by atoms with E-state index in [1.165, 1.54) is 12.1 Å². The molecule has 3 N–H and O–H groups in total. The highest BCUT2D eigenvalue weighted by Crippen LogP contribution is 2.32. The maximum Gasteiger partial charge on any atom is 0.249 e. The van der Waals surface area contributed by atoms with Crippen LogP contribution in [0.1, 0.15) is 33.9 Å². The Hall–Kier alpha value is -2.38. The number of rotatable bonds is 4. The standard InChI is InChI=1S/C17H18N2O4S/c1-11-6-7-12(10-14(11)17(18)20)24(21,22)19-15-8-9-23-16-5-3-2-4-13(15)16/h2-7,10,15,19H,8-9H2,1H3,(H2,18,20)/t15-/m0/s1. The van der Waals surface area contributed by atoms with E-state index in [9.17, 15) is 13.2 Å². The number of aryl methyl sites for hydroxylation is 1. The summed E-state index contributed by atoms with van der Waals surface area (Å²) in [6.07, 6.45) is 0.533. The van der Waals surface area contributed by atoms with Gasteiger partial charge in [0, 0.05) is 17.5 Å². The van der Waals surface area contributed by atoms with E-state index in [0.29, 0.717) is 24.3 Å². The number of primary amides is 1. The molecule has 1 aliphatic rings. The molecule has 0 aromatic heterocycles. The Morgan fingerprint density at radius 3 is 2.75 bits per heavy atom. The van der Waals surface area contributed by atoms with Crippen LogP contribution in [0.3, 0.4) is 0 Å². The SMILES string of the molecule is Cc1ccc(S(=O)(=O)N[C@H]2CCOc3ccccc32)cc1C(N)=O. The molecule has 1 amide bonds. The molecule has 1 heterocycles. The minimum Gasteiger partial charge on any atom is -0.493 e. The zero-order valence-electron chi connectivity index (χ0n) is 13.2. The van der Waals surface area contributed by atoms with E-state index in [2.05, 4.69) is 4.72 Å². The number of nitrogens with one attached hydrogen (secondary N) is 1. The average molecular weight is 346 g/mol. The number of hydrogen-bond donors (Lipinski definition) is 2. The quantitative estimate of drug-likeness (QED) is 0.883. The monoisotopic (exact) mass is 346 g/mol. The van der Waals surface area contributed by atoms with Crippen LogP contribution in [-0.2, 0) is 10.0 Å². The van der Waals surface area contributed by atoms with Gasteiger partial charge in [-0.15, -0.1) is 0 Å². The molecule has 126 valence electrons. The Morgan fingerprint density at radius 2 is 2.00 bits per heavy atom. The third-order valence-corrected chi connectivity index (χ3v) is 5.51. The van der Waals surface area contributed by atoms with E-state index in [1.807, 2.05) is 24.3 Å². The van der Waals surface area contributed by atoms with Crippen LogP contribution in [0.2, 0.25) is 0 Å². The molecule has 0 fully saturated rings. The number of para-hydroxylation sites is 1. The highest BCUT2D eigenvalue weighted by Gasteiger charge is 2.27. The van der Waals surface area contributed by atoms with Crippen molar-refractivity contribution in [1.82, 2.24) is 4.72 Å². The van der Waals surface area contributed by atoms with Gasteiger partial charge in [-0.3, -0.25) is 4.79 Å². The molecule has 7 heteroatoms. The van der Waals surface area contributed by atoms with Crippen LogP contribution < -0.4 is 15.2 Å². The molecule has 3 rings (SSSR count). The van der Waals surface area contributed by atoms with Crippen molar-refractivity contribution in [2.45, 2.75) is 24.3 Å². The number of benzene rings is 2. The summed E-state index contributed by atoms with van der Waals surface area (Å²) in [4.78, 5) is 11.5. The summed E-state index contributed by atoms with van der Waals surface area (Å²) in [6.45, 7) is 2.14. The van der Waals surface area contributed by atoms with Gasteiger partial charge in [0.1, 0.15) is 5.75 Å². The van der Waals surface area contributed by atoms with Gasteiger partial charge in [0.2, 0.25) is 15.9 Å². The maximum atomic E-state index is 12.7. The third kappa shape index (κ3) is 3.13. The van der Waals surface area contributed by atoms with E-state index >= 15 is 0 Å². The van der Waals surface area contributed by atoms with E-state index in [1.54, 1.807) is 13.0 Å². The van der Waals surface area contributed by atoms with Gasteiger partial charge in [-0.1, -0.05) is 24.3 Å². The summed E-state index contributed by atoms with van der Waals surface area (Å²) in [6, 6.07) is 11.3. The number of sulfonamides is 1. The first kappa shape index (κ1) is 16.5. The van der Waals surface area contributed by atoms with Crippen molar-refractivity contribution in [3.63, 3.8) is 0 Å². The topological polar surface area (TPSA) is 98.5 Å². The maximum absolute atomic E-state index is 12.7. The molecule has 1 aliphatic heterocycles. The van der Waals surface area contributed by atoms with Crippen LogP contribution in [0.25, 0.3) is 0 Å². The molecule has 0 radical (unpaired) electrons. The van der Waals surface area contributed by atoms with Gasteiger partial charge in [0.25, 0.3) is 0 Å². The molecule has 6 nitrogen and oxygen atoms in total. The van der Waals surface area contributed by atoms with Crippen molar-refractivity contribution in [2.24, 2.45) is 5.73 Å². The summed E-state index contributed by atoms with van der Waals surface area (Å²) in [5.74, 6) is 0.0270. The number of carbonyl (C=O) groups is 1. The zero-order chi connectivity index (χ0) is 17.3. The molecule has 0 aliphatic carbocycles. The van der Waals surface area contributed by atoms with Crippen LogP contribution >= 0.6 is 0 Å². The fourth-order valence-corrected chi connectivity index (χ4v) is 4.03. The van der Waals surface area contributed by atoms with Gasteiger partial charge in [-0.05, 0) is 30.7 Å². The predicted molar refractivity (Wildman–Crippen MR) is 89.3 cm³/mol. The second kappa shape index (κ2) is 6.26. The summed E-state index contributed by atoms with van der Waals surface area (Å²) in [5, 5.41) is 0. The minimum atomic E-state index is -3.79. The van der Waals surface area contributed by atoms with Gasteiger partial charge in [-0.2, -0.15) is 0 Å². The van der Waals surface area contributed by atoms with Crippen LogP contribution in [0.15, 0.2) is 47.4 Å². The number of hydrogen-bond acceptors (Lipinski definition) is 4. The lowest BCUT2D eigenvalue weighted by Gasteiger charge is -2.26. The van der Waals surface area contributed by atoms with Crippen LogP contribution in [0.4, 0.5) is 0 Å². The second-order valence-electron chi connectivity index (χ2n) is 5.69. The highest BCUT2D eigenvalue weighted by molar-refractivity contribution is 7.89. The highest BCUT2D eigenvalue weighted by atomic mass is 32.2. The van der Waals surface area contributed by atoms with Crippen LogP contribution in [0, 0.1) is 6.92 Å². The smallest absolute Gasteiger partial charge is 0.249 e. The molecule has 1 atom stereocenters. The van der Waals surface area contributed by atoms with Crippen molar-refractivity contribution in [3.8, 4) is 5.75 Å². The lowest BCUT2D eigenvalue weighted by molar-refractivity contribution is 0.0999. The number of ether oxygens (including phenoxy) is 1. The predicted octanol–water partition coefficient (Wildman–Crippen LogP) is 1.90. The molecular weight excluding hydrogens is 328 g/mol. The Kier molecular flexibility index (Phi) is 4.29. The first-order valence-corrected chi connectivity index (χ1v) is 9.01. The van der Waals surface area contributed by atoms with Crippen LogP contribution in [0.5, 0.6) is 5.75 Å². The first-order chi connectivity index (χ1) is 11.4. The molecule has 0 saturated heterocycles. The van der Waals surface area contributed by atoms with Crippen molar-refractivity contribution >= 4 is 15.9 Å². The Bertz CT molecular complexity index is 893. The number of amides is 1. The Morgan fingerprint density at radius 1 is 1.25 bits per heavy atom. The molecule has 0 spiro atoms. The summed E-state index contributed by atoms with van der Waals surface area (Å²) >= 11 is 0. The first-order valence-electron chi connectivity index (χ1n) is 7.53. The van der Waals surface area contributed by atoms with E-state index < -0.39 is 15.9 Å². The molecule has 0 unspecified atom stereocenters. The number of fused-ring (bicyclic) bond motifs is 1. The number of carbonyl (C=O) groups excluding carboxylic acids is 1. The van der Waals surface area contributed by atoms with E-state index in [0.717, 1.165) is 5.56 Å². The lowest BCUT2D eigenvalue weighted by Crippen LogP contribution is -2.32. The molecule has 0 saturated carbocycles. The fourth-order valence-electron chi connectivity index (χ4n) is 2.75. The molecule has 0 bridgehead atoms. The minimum absolute atomic E-state index is 0.0193. The largest absolute Gasteiger partial charge is 0.493 e. The molecule has 2 aromatic rings. The van der Waals surface area contributed by atoms with Gasteiger partial charge < -0.3 is 10.5 Å². The van der Waals surface area contributed by atoms with Crippen molar-refractivity contribution in [1.29, 1.82) is 0 Å². The van der Waals surface area contributed by atoms with Crippen molar-refractivity contribution in [3.05, 3.63) is 59.2 Å². The van der Waals surface area contributed by atoms with Gasteiger partial charge in [0.05, 0.1) is 17.5 Å². The van der Waals surface area contributed by atoms with E-state index in [-0.39, 0.29) is 16.5 Å². The molecular formula is C17H18N2O4S.